The molecule has 19 heavy (non-hydrogen) atoms. The SMILES string of the molecule is CCN(Cc1ccccc1)C(=O)C1CCC(C)NC1. The topological polar surface area (TPSA) is 32.3 Å². The first-order valence-electron chi connectivity index (χ1n) is 7.26. The van der Waals surface area contributed by atoms with E-state index in [4.69, 9.17) is 0 Å². The summed E-state index contributed by atoms with van der Waals surface area (Å²) >= 11 is 0. The standard InChI is InChI=1S/C16H24N2O/c1-3-18(12-14-7-5-4-6-8-14)16(19)15-10-9-13(2)17-11-15/h4-8,13,15,17H,3,9-12H2,1-2H3. The molecule has 1 N–H and O–H groups in total. The number of hydrogen-bond acceptors (Lipinski definition) is 2. The van der Waals surface area contributed by atoms with E-state index in [9.17, 15) is 4.79 Å². The van der Waals surface area contributed by atoms with Crippen LogP contribution in [0.3, 0.4) is 0 Å². The smallest absolute Gasteiger partial charge is 0.227 e. The zero-order valence-corrected chi connectivity index (χ0v) is 11.9. The average Bonchev–Trinajstić information content (AvgIpc) is 2.46. The minimum atomic E-state index is 0.153. The summed E-state index contributed by atoms with van der Waals surface area (Å²) in [5.41, 5.74) is 1.20. The minimum absolute atomic E-state index is 0.153. The number of benzene rings is 1. The summed E-state index contributed by atoms with van der Waals surface area (Å²) in [6.45, 7) is 6.56. The van der Waals surface area contributed by atoms with Gasteiger partial charge in [-0.05, 0) is 32.3 Å². The molecule has 1 heterocycles. The monoisotopic (exact) mass is 260 g/mol. The number of carbonyl (C=O) groups excluding carboxylic acids is 1. The predicted octanol–water partition coefficient (Wildman–Crippen LogP) is 2.42. The number of nitrogens with zero attached hydrogens (tertiary/aromatic N) is 1. The van der Waals surface area contributed by atoms with Crippen LogP contribution in [0.25, 0.3) is 0 Å². The third-order valence-corrected chi connectivity index (χ3v) is 3.92. The molecule has 0 radical (unpaired) electrons. The van der Waals surface area contributed by atoms with Crippen LogP contribution in [0.5, 0.6) is 0 Å². The van der Waals surface area contributed by atoms with Gasteiger partial charge >= 0.3 is 0 Å². The third kappa shape index (κ3) is 3.80. The van der Waals surface area contributed by atoms with Crippen LogP contribution in [0.2, 0.25) is 0 Å². The number of piperidine rings is 1. The van der Waals surface area contributed by atoms with Crippen molar-refractivity contribution in [2.45, 2.75) is 39.3 Å². The van der Waals surface area contributed by atoms with Crippen LogP contribution >= 0.6 is 0 Å². The second-order valence-electron chi connectivity index (χ2n) is 5.42. The van der Waals surface area contributed by atoms with Gasteiger partial charge in [0.05, 0.1) is 5.92 Å². The molecule has 1 aromatic carbocycles. The van der Waals surface area contributed by atoms with E-state index in [2.05, 4.69) is 31.3 Å². The van der Waals surface area contributed by atoms with Crippen molar-refractivity contribution in [1.29, 1.82) is 0 Å². The molecule has 1 aliphatic rings. The molecule has 104 valence electrons. The summed E-state index contributed by atoms with van der Waals surface area (Å²) in [7, 11) is 0. The van der Waals surface area contributed by atoms with Gasteiger partial charge in [-0.2, -0.15) is 0 Å². The molecule has 1 aliphatic heterocycles. The number of hydrogen-bond donors (Lipinski definition) is 1. The van der Waals surface area contributed by atoms with Gasteiger partial charge < -0.3 is 10.2 Å². The third-order valence-electron chi connectivity index (χ3n) is 3.92. The zero-order chi connectivity index (χ0) is 13.7. The van der Waals surface area contributed by atoms with Gasteiger partial charge in [0.1, 0.15) is 0 Å². The Balaban J connectivity index is 1.95. The molecule has 0 bridgehead atoms. The second kappa shape index (κ2) is 6.71. The highest BCUT2D eigenvalue weighted by molar-refractivity contribution is 5.79. The maximum atomic E-state index is 12.5. The van der Waals surface area contributed by atoms with E-state index in [1.54, 1.807) is 0 Å². The highest BCUT2D eigenvalue weighted by Gasteiger charge is 2.27. The quantitative estimate of drug-likeness (QED) is 0.901. The fraction of sp³-hybridized carbons (Fsp3) is 0.562. The molecule has 1 saturated heterocycles. The van der Waals surface area contributed by atoms with Crippen molar-refractivity contribution in [1.82, 2.24) is 10.2 Å². The molecule has 1 aromatic rings. The fourth-order valence-electron chi connectivity index (χ4n) is 2.62. The summed E-state index contributed by atoms with van der Waals surface area (Å²) in [5.74, 6) is 0.450. The molecule has 3 nitrogen and oxygen atoms in total. The van der Waals surface area contributed by atoms with E-state index in [-0.39, 0.29) is 5.92 Å². The Morgan fingerprint density at radius 1 is 1.32 bits per heavy atom. The first-order valence-corrected chi connectivity index (χ1v) is 7.26. The summed E-state index contributed by atoms with van der Waals surface area (Å²) in [5, 5.41) is 3.41. The van der Waals surface area contributed by atoms with Crippen LogP contribution in [0.4, 0.5) is 0 Å². The van der Waals surface area contributed by atoms with Crippen LogP contribution in [0.1, 0.15) is 32.3 Å². The van der Waals surface area contributed by atoms with Crippen molar-refractivity contribution in [3.63, 3.8) is 0 Å². The molecule has 0 aliphatic carbocycles. The van der Waals surface area contributed by atoms with Gasteiger partial charge in [0.25, 0.3) is 0 Å². The van der Waals surface area contributed by atoms with Crippen LogP contribution in [0, 0.1) is 5.92 Å². The molecule has 0 spiro atoms. The van der Waals surface area contributed by atoms with E-state index in [0.29, 0.717) is 11.9 Å². The molecule has 3 heteroatoms. The first kappa shape index (κ1) is 14.1. The van der Waals surface area contributed by atoms with Gasteiger partial charge in [-0.3, -0.25) is 4.79 Å². The van der Waals surface area contributed by atoms with Crippen molar-refractivity contribution < 1.29 is 4.79 Å². The lowest BCUT2D eigenvalue weighted by atomic mass is 9.94. The first-order chi connectivity index (χ1) is 9.20. The molecule has 2 unspecified atom stereocenters. The van der Waals surface area contributed by atoms with Crippen LogP contribution in [-0.2, 0) is 11.3 Å². The van der Waals surface area contributed by atoms with E-state index < -0.39 is 0 Å². The highest BCUT2D eigenvalue weighted by Crippen LogP contribution is 2.18. The van der Waals surface area contributed by atoms with Crippen molar-refractivity contribution >= 4 is 5.91 Å². The van der Waals surface area contributed by atoms with Gasteiger partial charge in [0.15, 0.2) is 0 Å². The largest absolute Gasteiger partial charge is 0.338 e. The molecular formula is C16H24N2O. The Hall–Kier alpha value is -1.35. The lowest BCUT2D eigenvalue weighted by molar-refractivity contribution is -0.136. The zero-order valence-electron chi connectivity index (χ0n) is 11.9. The molecule has 0 aromatic heterocycles. The summed E-state index contributed by atoms with van der Waals surface area (Å²) in [6.07, 6.45) is 2.11. The molecule has 2 rings (SSSR count). The van der Waals surface area contributed by atoms with Crippen molar-refractivity contribution in [2.75, 3.05) is 13.1 Å². The van der Waals surface area contributed by atoms with Gasteiger partial charge in [-0.1, -0.05) is 30.3 Å². The number of amides is 1. The van der Waals surface area contributed by atoms with Crippen molar-refractivity contribution in [3.8, 4) is 0 Å². The van der Waals surface area contributed by atoms with Gasteiger partial charge in [0, 0.05) is 25.7 Å². The Kier molecular flexibility index (Phi) is 4.97. The summed E-state index contributed by atoms with van der Waals surface area (Å²) in [6, 6.07) is 10.8. The van der Waals surface area contributed by atoms with E-state index in [0.717, 1.165) is 32.5 Å². The van der Waals surface area contributed by atoms with Gasteiger partial charge in [-0.25, -0.2) is 0 Å². The second-order valence-corrected chi connectivity index (χ2v) is 5.42. The maximum Gasteiger partial charge on any atom is 0.227 e. The lowest BCUT2D eigenvalue weighted by Crippen LogP contribution is -2.45. The molecule has 1 amide bonds. The van der Waals surface area contributed by atoms with Crippen LogP contribution in [0.15, 0.2) is 30.3 Å². The van der Waals surface area contributed by atoms with Crippen molar-refractivity contribution in [3.05, 3.63) is 35.9 Å². The molecule has 1 fully saturated rings. The molecular weight excluding hydrogens is 236 g/mol. The summed E-state index contributed by atoms with van der Waals surface area (Å²) < 4.78 is 0. The van der Waals surface area contributed by atoms with Crippen LogP contribution < -0.4 is 5.32 Å². The minimum Gasteiger partial charge on any atom is -0.338 e. The average molecular weight is 260 g/mol. The Morgan fingerprint density at radius 3 is 2.63 bits per heavy atom. The van der Waals surface area contributed by atoms with Crippen molar-refractivity contribution in [2.24, 2.45) is 5.92 Å². The normalized spacial score (nSPS) is 23.1. The number of nitrogens with one attached hydrogen (secondary N) is 1. The Morgan fingerprint density at radius 2 is 2.05 bits per heavy atom. The maximum absolute atomic E-state index is 12.5. The van der Waals surface area contributed by atoms with Gasteiger partial charge in [0.2, 0.25) is 5.91 Å². The van der Waals surface area contributed by atoms with E-state index in [1.165, 1.54) is 5.56 Å². The van der Waals surface area contributed by atoms with E-state index in [1.807, 2.05) is 23.1 Å². The number of carbonyl (C=O) groups is 1. The number of rotatable bonds is 4. The Labute approximate surface area is 116 Å². The summed E-state index contributed by atoms with van der Waals surface area (Å²) in [4.78, 5) is 14.5. The Bertz CT molecular complexity index is 396. The van der Waals surface area contributed by atoms with Gasteiger partial charge in [-0.15, -0.1) is 0 Å². The van der Waals surface area contributed by atoms with E-state index >= 15 is 0 Å². The van der Waals surface area contributed by atoms with Crippen LogP contribution in [-0.4, -0.2) is 29.9 Å². The molecule has 0 saturated carbocycles. The predicted molar refractivity (Wildman–Crippen MR) is 77.7 cm³/mol. The lowest BCUT2D eigenvalue weighted by Gasteiger charge is -2.31. The molecule has 2 atom stereocenters. The fourth-order valence-corrected chi connectivity index (χ4v) is 2.62. The highest BCUT2D eigenvalue weighted by atomic mass is 16.2.